The molecule has 0 aliphatic heterocycles. The van der Waals surface area contributed by atoms with Crippen molar-refractivity contribution in [3.05, 3.63) is 47.7 Å². The number of nitrogens with one attached hydrogen (secondary N) is 1. The summed E-state index contributed by atoms with van der Waals surface area (Å²) in [6, 6.07) is 12.6. The standard InChI is InChI=1S/C19H28N4/c1-4-5-14-23(3)19-21-16(2)15-18(22-19)20-13-9-12-17-10-7-6-8-11-17/h6-8,10-11,15H,4-5,9,12-14H2,1-3H3,(H,20,21,22). The van der Waals surface area contributed by atoms with Crippen molar-refractivity contribution in [2.24, 2.45) is 0 Å². The van der Waals surface area contributed by atoms with Gasteiger partial charge in [-0.15, -0.1) is 0 Å². The first-order valence-electron chi connectivity index (χ1n) is 8.53. The number of aryl methyl sites for hydroxylation is 2. The number of hydrogen-bond acceptors (Lipinski definition) is 4. The summed E-state index contributed by atoms with van der Waals surface area (Å²) in [7, 11) is 2.06. The van der Waals surface area contributed by atoms with Crippen molar-refractivity contribution in [1.29, 1.82) is 0 Å². The van der Waals surface area contributed by atoms with E-state index in [1.165, 1.54) is 12.0 Å². The Bertz CT molecular complexity index is 583. The summed E-state index contributed by atoms with van der Waals surface area (Å²) in [5.41, 5.74) is 2.39. The van der Waals surface area contributed by atoms with E-state index in [0.717, 1.165) is 49.8 Å². The lowest BCUT2D eigenvalue weighted by molar-refractivity contribution is 0.748. The zero-order valence-electron chi connectivity index (χ0n) is 14.5. The summed E-state index contributed by atoms with van der Waals surface area (Å²) in [5.74, 6) is 1.73. The number of anilines is 2. The third-order valence-corrected chi connectivity index (χ3v) is 3.82. The summed E-state index contributed by atoms with van der Waals surface area (Å²) in [6.45, 7) is 6.13. The van der Waals surface area contributed by atoms with Crippen molar-refractivity contribution in [2.75, 3.05) is 30.4 Å². The maximum Gasteiger partial charge on any atom is 0.227 e. The number of nitrogens with zero attached hydrogens (tertiary/aromatic N) is 3. The Balaban J connectivity index is 1.86. The molecule has 23 heavy (non-hydrogen) atoms. The lowest BCUT2D eigenvalue weighted by atomic mass is 10.1. The van der Waals surface area contributed by atoms with Crippen molar-refractivity contribution in [3.8, 4) is 0 Å². The normalized spacial score (nSPS) is 10.6. The van der Waals surface area contributed by atoms with E-state index in [0.29, 0.717) is 0 Å². The summed E-state index contributed by atoms with van der Waals surface area (Å²) in [4.78, 5) is 11.3. The van der Waals surface area contributed by atoms with Gasteiger partial charge in [-0.05, 0) is 31.7 Å². The number of aromatic nitrogens is 2. The van der Waals surface area contributed by atoms with Gasteiger partial charge in [-0.2, -0.15) is 4.98 Å². The maximum absolute atomic E-state index is 4.63. The lowest BCUT2D eigenvalue weighted by Crippen LogP contribution is -2.21. The van der Waals surface area contributed by atoms with Crippen molar-refractivity contribution < 1.29 is 0 Å². The number of rotatable bonds is 9. The highest BCUT2D eigenvalue weighted by atomic mass is 15.2. The molecule has 4 nitrogen and oxygen atoms in total. The van der Waals surface area contributed by atoms with Gasteiger partial charge in [-0.3, -0.25) is 0 Å². The van der Waals surface area contributed by atoms with Gasteiger partial charge in [0.2, 0.25) is 5.95 Å². The Morgan fingerprint density at radius 3 is 2.61 bits per heavy atom. The van der Waals surface area contributed by atoms with Gasteiger partial charge in [0, 0.05) is 31.9 Å². The van der Waals surface area contributed by atoms with Crippen LogP contribution in [0.1, 0.15) is 37.4 Å². The predicted octanol–water partition coefficient (Wildman–Crippen LogP) is 4.07. The molecule has 0 fully saturated rings. The van der Waals surface area contributed by atoms with E-state index in [1.807, 2.05) is 13.0 Å². The topological polar surface area (TPSA) is 41.1 Å². The molecule has 2 rings (SSSR count). The van der Waals surface area contributed by atoms with Crippen LogP contribution < -0.4 is 10.2 Å². The SMILES string of the molecule is CCCCN(C)c1nc(C)cc(NCCCc2ccccc2)n1. The van der Waals surface area contributed by atoms with Crippen molar-refractivity contribution in [1.82, 2.24) is 9.97 Å². The van der Waals surface area contributed by atoms with Crippen molar-refractivity contribution in [3.63, 3.8) is 0 Å². The Labute approximate surface area is 140 Å². The molecular formula is C19H28N4. The molecule has 0 saturated heterocycles. The van der Waals surface area contributed by atoms with Crippen LogP contribution in [-0.4, -0.2) is 30.1 Å². The highest BCUT2D eigenvalue weighted by Gasteiger charge is 2.06. The zero-order valence-corrected chi connectivity index (χ0v) is 14.5. The van der Waals surface area contributed by atoms with E-state index in [-0.39, 0.29) is 0 Å². The van der Waals surface area contributed by atoms with Crippen LogP contribution in [0.3, 0.4) is 0 Å². The Morgan fingerprint density at radius 1 is 1.09 bits per heavy atom. The first-order chi connectivity index (χ1) is 11.2. The minimum atomic E-state index is 0.809. The minimum absolute atomic E-state index is 0.809. The largest absolute Gasteiger partial charge is 0.370 e. The molecule has 0 aliphatic rings. The smallest absolute Gasteiger partial charge is 0.227 e. The number of unbranched alkanes of at least 4 members (excludes halogenated alkanes) is 1. The second kappa shape index (κ2) is 9.13. The average molecular weight is 312 g/mol. The van der Waals surface area contributed by atoms with E-state index >= 15 is 0 Å². The molecule has 124 valence electrons. The molecule has 0 saturated carbocycles. The molecule has 2 aromatic rings. The molecule has 0 radical (unpaired) electrons. The van der Waals surface area contributed by atoms with Gasteiger partial charge in [0.1, 0.15) is 5.82 Å². The molecule has 0 unspecified atom stereocenters. The molecule has 1 aromatic heterocycles. The quantitative estimate of drug-likeness (QED) is 0.709. The van der Waals surface area contributed by atoms with E-state index in [2.05, 4.69) is 64.5 Å². The highest BCUT2D eigenvalue weighted by Crippen LogP contribution is 2.13. The van der Waals surface area contributed by atoms with Crippen LogP contribution in [0.5, 0.6) is 0 Å². The fourth-order valence-corrected chi connectivity index (χ4v) is 2.46. The molecule has 0 spiro atoms. The summed E-state index contributed by atoms with van der Waals surface area (Å²) in [5, 5.41) is 3.43. The van der Waals surface area contributed by atoms with Gasteiger partial charge in [0.25, 0.3) is 0 Å². The van der Waals surface area contributed by atoms with Crippen LogP contribution in [-0.2, 0) is 6.42 Å². The fourth-order valence-electron chi connectivity index (χ4n) is 2.46. The predicted molar refractivity (Wildman–Crippen MR) is 98.2 cm³/mol. The molecule has 1 N–H and O–H groups in total. The van der Waals surface area contributed by atoms with Gasteiger partial charge < -0.3 is 10.2 Å². The Morgan fingerprint density at radius 2 is 1.87 bits per heavy atom. The van der Waals surface area contributed by atoms with Crippen molar-refractivity contribution >= 4 is 11.8 Å². The molecule has 0 bridgehead atoms. The van der Waals surface area contributed by atoms with E-state index in [1.54, 1.807) is 0 Å². The zero-order chi connectivity index (χ0) is 16.5. The number of benzene rings is 1. The van der Waals surface area contributed by atoms with E-state index in [9.17, 15) is 0 Å². The first-order valence-corrected chi connectivity index (χ1v) is 8.53. The second-order valence-corrected chi connectivity index (χ2v) is 5.99. The molecule has 4 heteroatoms. The molecule has 1 aromatic carbocycles. The van der Waals surface area contributed by atoms with Gasteiger partial charge in [-0.1, -0.05) is 43.7 Å². The van der Waals surface area contributed by atoms with Gasteiger partial charge in [-0.25, -0.2) is 4.98 Å². The number of hydrogen-bond donors (Lipinski definition) is 1. The highest BCUT2D eigenvalue weighted by molar-refractivity contribution is 5.43. The summed E-state index contributed by atoms with van der Waals surface area (Å²) < 4.78 is 0. The summed E-state index contributed by atoms with van der Waals surface area (Å²) >= 11 is 0. The Kier molecular flexibility index (Phi) is 6.85. The van der Waals surface area contributed by atoms with Crippen molar-refractivity contribution in [2.45, 2.75) is 39.5 Å². The van der Waals surface area contributed by atoms with Gasteiger partial charge in [0.05, 0.1) is 0 Å². The van der Waals surface area contributed by atoms with Crippen LogP contribution in [0.15, 0.2) is 36.4 Å². The first kappa shape index (κ1) is 17.3. The van der Waals surface area contributed by atoms with E-state index < -0.39 is 0 Å². The van der Waals surface area contributed by atoms with Gasteiger partial charge >= 0.3 is 0 Å². The molecular weight excluding hydrogens is 284 g/mol. The minimum Gasteiger partial charge on any atom is -0.370 e. The van der Waals surface area contributed by atoms with E-state index in [4.69, 9.17) is 0 Å². The van der Waals surface area contributed by atoms with Crippen LogP contribution in [0.2, 0.25) is 0 Å². The maximum atomic E-state index is 4.63. The molecule has 0 aliphatic carbocycles. The monoisotopic (exact) mass is 312 g/mol. The Hall–Kier alpha value is -2.10. The molecule has 1 heterocycles. The lowest BCUT2D eigenvalue weighted by Gasteiger charge is -2.18. The third kappa shape index (κ3) is 5.89. The third-order valence-electron chi connectivity index (χ3n) is 3.82. The average Bonchev–Trinajstić information content (AvgIpc) is 2.57. The molecule has 0 atom stereocenters. The van der Waals surface area contributed by atoms with Crippen LogP contribution in [0.4, 0.5) is 11.8 Å². The van der Waals surface area contributed by atoms with Gasteiger partial charge in [0.15, 0.2) is 0 Å². The second-order valence-electron chi connectivity index (χ2n) is 5.99. The molecule has 0 amide bonds. The van der Waals surface area contributed by atoms with Crippen LogP contribution >= 0.6 is 0 Å². The van der Waals surface area contributed by atoms with Crippen LogP contribution in [0.25, 0.3) is 0 Å². The fraction of sp³-hybridized carbons (Fsp3) is 0.474. The summed E-state index contributed by atoms with van der Waals surface area (Å²) in [6.07, 6.45) is 4.52. The van der Waals surface area contributed by atoms with Crippen LogP contribution in [0, 0.1) is 6.92 Å².